The van der Waals surface area contributed by atoms with E-state index in [1.165, 1.54) is 0 Å². The summed E-state index contributed by atoms with van der Waals surface area (Å²) < 4.78 is 28.9. The number of hydrogen-bond donors (Lipinski definition) is 1. The van der Waals surface area contributed by atoms with Crippen molar-refractivity contribution < 1.29 is 8.42 Å². The van der Waals surface area contributed by atoms with E-state index in [1.807, 2.05) is 31.5 Å². The standard InChI is InChI=1S/C14H25N3O2S2/c1-3-16(12-14-7-5-9-20-14)21(18,19)17-8-4-6-13(11-17)10-15-2/h5,7,9,13,15H,3-4,6,8,10-12H2,1-2H3. The van der Waals surface area contributed by atoms with Crippen molar-refractivity contribution in [2.45, 2.75) is 26.3 Å². The SMILES string of the molecule is CCN(Cc1cccs1)S(=O)(=O)N1CCCC(CNC)C1. The number of thiophene rings is 1. The summed E-state index contributed by atoms with van der Waals surface area (Å²) in [6.45, 7) is 5.04. The number of nitrogens with zero attached hydrogens (tertiary/aromatic N) is 2. The summed E-state index contributed by atoms with van der Waals surface area (Å²) in [6, 6.07) is 3.95. The Balaban J connectivity index is 2.07. The first-order chi connectivity index (χ1) is 10.1. The summed E-state index contributed by atoms with van der Waals surface area (Å²) in [6.07, 6.45) is 2.05. The Morgan fingerprint density at radius 3 is 2.95 bits per heavy atom. The quantitative estimate of drug-likeness (QED) is 0.828. The molecule has 0 aliphatic carbocycles. The summed E-state index contributed by atoms with van der Waals surface area (Å²) in [5, 5.41) is 5.14. The van der Waals surface area contributed by atoms with Gasteiger partial charge in [-0.05, 0) is 43.8 Å². The Kier molecular flexibility index (Phi) is 6.19. The zero-order valence-corrected chi connectivity index (χ0v) is 14.4. The van der Waals surface area contributed by atoms with Crippen molar-refractivity contribution in [3.8, 4) is 0 Å². The molecule has 21 heavy (non-hydrogen) atoms. The maximum absolute atomic E-state index is 12.8. The monoisotopic (exact) mass is 331 g/mol. The maximum Gasteiger partial charge on any atom is 0.282 e. The molecule has 0 amide bonds. The molecule has 0 radical (unpaired) electrons. The zero-order chi connectivity index (χ0) is 15.3. The van der Waals surface area contributed by atoms with E-state index in [-0.39, 0.29) is 0 Å². The second kappa shape index (κ2) is 7.69. The van der Waals surface area contributed by atoms with Gasteiger partial charge in [-0.25, -0.2) is 0 Å². The average Bonchev–Trinajstić information content (AvgIpc) is 2.98. The van der Waals surface area contributed by atoms with Crippen LogP contribution in [0.15, 0.2) is 17.5 Å². The lowest BCUT2D eigenvalue weighted by atomic mass is 10.00. The topological polar surface area (TPSA) is 52.7 Å². The molecule has 1 aromatic rings. The van der Waals surface area contributed by atoms with Crippen molar-refractivity contribution in [2.75, 3.05) is 33.2 Å². The molecular weight excluding hydrogens is 306 g/mol. The van der Waals surface area contributed by atoms with Crippen molar-refractivity contribution in [1.29, 1.82) is 0 Å². The van der Waals surface area contributed by atoms with Crippen LogP contribution in [-0.4, -0.2) is 50.3 Å². The van der Waals surface area contributed by atoms with Crippen molar-refractivity contribution in [3.05, 3.63) is 22.4 Å². The fourth-order valence-electron chi connectivity index (χ4n) is 2.79. The molecule has 5 nitrogen and oxygen atoms in total. The number of hydrogen-bond acceptors (Lipinski definition) is 4. The molecule has 1 aliphatic rings. The second-order valence-electron chi connectivity index (χ2n) is 5.44. The summed E-state index contributed by atoms with van der Waals surface area (Å²) in [5.41, 5.74) is 0. The molecule has 1 atom stereocenters. The van der Waals surface area contributed by atoms with Crippen LogP contribution in [-0.2, 0) is 16.8 Å². The summed E-state index contributed by atoms with van der Waals surface area (Å²) in [7, 11) is -1.44. The molecule has 1 N–H and O–H groups in total. The van der Waals surface area contributed by atoms with Crippen molar-refractivity contribution >= 4 is 21.5 Å². The van der Waals surface area contributed by atoms with Gasteiger partial charge in [0.1, 0.15) is 0 Å². The number of piperidine rings is 1. The number of nitrogens with one attached hydrogen (secondary N) is 1. The molecule has 0 saturated carbocycles. The third-order valence-corrected chi connectivity index (χ3v) is 6.78. The molecule has 1 saturated heterocycles. The van der Waals surface area contributed by atoms with Crippen LogP contribution in [0.4, 0.5) is 0 Å². The molecule has 1 aromatic heterocycles. The molecule has 7 heteroatoms. The molecule has 0 aromatic carbocycles. The predicted octanol–water partition coefficient (Wildman–Crippen LogP) is 1.75. The third kappa shape index (κ3) is 4.26. The highest BCUT2D eigenvalue weighted by atomic mass is 32.2. The van der Waals surface area contributed by atoms with E-state index in [1.54, 1.807) is 19.9 Å². The van der Waals surface area contributed by atoms with Gasteiger partial charge in [0.05, 0.1) is 0 Å². The van der Waals surface area contributed by atoms with Gasteiger partial charge in [0.25, 0.3) is 10.2 Å². The molecule has 2 rings (SSSR count). The molecule has 0 spiro atoms. The van der Waals surface area contributed by atoms with Gasteiger partial charge in [-0.1, -0.05) is 13.0 Å². The van der Waals surface area contributed by atoms with Crippen LogP contribution in [0.5, 0.6) is 0 Å². The molecular formula is C14H25N3O2S2. The van der Waals surface area contributed by atoms with Gasteiger partial charge in [-0.15, -0.1) is 11.3 Å². The molecule has 0 bridgehead atoms. The first-order valence-electron chi connectivity index (χ1n) is 7.50. The highest BCUT2D eigenvalue weighted by molar-refractivity contribution is 7.86. The van der Waals surface area contributed by atoms with Crippen LogP contribution in [0.3, 0.4) is 0 Å². The van der Waals surface area contributed by atoms with E-state index < -0.39 is 10.2 Å². The average molecular weight is 332 g/mol. The van der Waals surface area contributed by atoms with E-state index >= 15 is 0 Å². The number of rotatable bonds is 7. The van der Waals surface area contributed by atoms with E-state index in [0.717, 1.165) is 24.3 Å². The lowest BCUT2D eigenvalue weighted by Crippen LogP contribution is -2.48. The summed E-state index contributed by atoms with van der Waals surface area (Å²) >= 11 is 1.60. The molecule has 120 valence electrons. The minimum atomic E-state index is -3.36. The third-order valence-electron chi connectivity index (χ3n) is 3.89. The fourth-order valence-corrected chi connectivity index (χ4v) is 5.30. The van der Waals surface area contributed by atoms with E-state index in [4.69, 9.17) is 0 Å². The van der Waals surface area contributed by atoms with Gasteiger partial charge < -0.3 is 5.32 Å². The minimum absolute atomic E-state index is 0.416. The van der Waals surface area contributed by atoms with Gasteiger partial charge >= 0.3 is 0 Å². The van der Waals surface area contributed by atoms with Crippen molar-refractivity contribution in [3.63, 3.8) is 0 Å². The van der Waals surface area contributed by atoms with E-state index in [2.05, 4.69) is 5.32 Å². The maximum atomic E-state index is 12.8. The predicted molar refractivity (Wildman–Crippen MR) is 87.5 cm³/mol. The molecule has 1 fully saturated rings. The zero-order valence-electron chi connectivity index (χ0n) is 12.8. The summed E-state index contributed by atoms with van der Waals surface area (Å²) in [5.74, 6) is 0.416. The van der Waals surface area contributed by atoms with Crippen LogP contribution in [0.2, 0.25) is 0 Å². The molecule has 2 heterocycles. The van der Waals surface area contributed by atoms with Crippen LogP contribution in [0.25, 0.3) is 0 Å². The normalized spacial score (nSPS) is 21.0. The smallest absolute Gasteiger partial charge is 0.282 e. The van der Waals surface area contributed by atoms with Gasteiger partial charge in [-0.3, -0.25) is 0 Å². The summed E-state index contributed by atoms with van der Waals surface area (Å²) in [4.78, 5) is 1.09. The Hall–Kier alpha value is -0.470. The molecule has 1 aliphatic heterocycles. The lowest BCUT2D eigenvalue weighted by molar-refractivity contribution is 0.244. The van der Waals surface area contributed by atoms with Gasteiger partial charge in [-0.2, -0.15) is 17.0 Å². The van der Waals surface area contributed by atoms with Crippen molar-refractivity contribution in [1.82, 2.24) is 13.9 Å². The molecule has 1 unspecified atom stereocenters. The Bertz CT molecular complexity index is 514. The van der Waals surface area contributed by atoms with Gasteiger partial charge in [0.15, 0.2) is 0 Å². The van der Waals surface area contributed by atoms with E-state index in [0.29, 0.717) is 32.1 Å². The lowest BCUT2D eigenvalue weighted by Gasteiger charge is -2.35. The fraction of sp³-hybridized carbons (Fsp3) is 0.714. The van der Waals surface area contributed by atoms with Crippen LogP contribution < -0.4 is 5.32 Å². The van der Waals surface area contributed by atoms with Crippen LogP contribution in [0, 0.1) is 5.92 Å². The van der Waals surface area contributed by atoms with Crippen LogP contribution >= 0.6 is 11.3 Å². The second-order valence-corrected chi connectivity index (χ2v) is 8.40. The Morgan fingerprint density at radius 1 is 1.52 bits per heavy atom. The highest BCUT2D eigenvalue weighted by Gasteiger charge is 2.32. The highest BCUT2D eigenvalue weighted by Crippen LogP contribution is 2.22. The van der Waals surface area contributed by atoms with E-state index in [9.17, 15) is 8.42 Å². The van der Waals surface area contributed by atoms with Crippen molar-refractivity contribution in [2.24, 2.45) is 5.92 Å². The largest absolute Gasteiger partial charge is 0.319 e. The van der Waals surface area contributed by atoms with Gasteiger partial charge in [0.2, 0.25) is 0 Å². The minimum Gasteiger partial charge on any atom is -0.319 e. The van der Waals surface area contributed by atoms with Gasteiger partial charge in [0, 0.05) is 31.1 Å². The van der Waals surface area contributed by atoms with Crippen LogP contribution in [0.1, 0.15) is 24.6 Å². The first kappa shape index (κ1) is 16.9. The Labute approximate surface area is 132 Å². The Morgan fingerprint density at radius 2 is 2.33 bits per heavy atom. The first-order valence-corrected chi connectivity index (χ1v) is 9.77.